The average Bonchev–Trinajstić information content (AvgIpc) is 3.16. The predicted octanol–water partition coefficient (Wildman–Crippen LogP) is 3.28. The minimum absolute atomic E-state index is 0.104. The SMILES string of the molecule is NC(=O)[C@H]1CC[C@H](CCN2CCC(c3cccc4c3OCO4)CC2)CC1. The maximum Gasteiger partial charge on any atom is 0.231 e. The summed E-state index contributed by atoms with van der Waals surface area (Å²) in [5.41, 5.74) is 6.76. The molecule has 2 aliphatic heterocycles. The Kier molecular flexibility index (Phi) is 5.34. The van der Waals surface area contributed by atoms with E-state index in [2.05, 4.69) is 17.0 Å². The van der Waals surface area contributed by atoms with E-state index >= 15 is 0 Å². The number of hydrogen-bond acceptors (Lipinski definition) is 4. The number of carbonyl (C=O) groups excluding carboxylic acids is 1. The van der Waals surface area contributed by atoms with Crippen LogP contribution in [0.2, 0.25) is 0 Å². The number of rotatable bonds is 5. The van der Waals surface area contributed by atoms with Gasteiger partial charge in [0.05, 0.1) is 0 Å². The van der Waals surface area contributed by atoms with E-state index in [9.17, 15) is 4.79 Å². The lowest BCUT2D eigenvalue weighted by Crippen LogP contribution is -2.35. The largest absolute Gasteiger partial charge is 0.454 e. The maximum absolute atomic E-state index is 11.3. The first-order valence-corrected chi connectivity index (χ1v) is 10.1. The number of amides is 1. The molecule has 1 saturated carbocycles. The summed E-state index contributed by atoms with van der Waals surface area (Å²) in [6.45, 7) is 3.85. The van der Waals surface area contributed by atoms with Crippen molar-refractivity contribution in [1.82, 2.24) is 4.90 Å². The molecule has 1 aliphatic carbocycles. The first-order chi connectivity index (χ1) is 12.7. The fraction of sp³-hybridized carbons (Fsp3) is 0.667. The molecule has 0 radical (unpaired) electrons. The third kappa shape index (κ3) is 3.83. The van der Waals surface area contributed by atoms with E-state index in [0.29, 0.717) is 12.7 Å². The molecule has 5 heteroatoms. The van der Waals surface area contributed by atoms with E-state index in [4.69, 9.17) is 15.2 Å². The average molecular weight is 358 g/mol. The Labute approximate surface area is 155 Å². The van der Waals surface area contributed by atoms with E-state index in [1.54, 1.807) is 0 Å². The fourth-order valence-electron chi connectivity index (χ4n) is 4.84. The smallest absolute Gasteiger partial charge is 0.231 e. The quantitative estimate of drug-likeness (QED) is 0.877. The second-order valence-electron chi connectivity index (χ2n) is 8.11. The first-order valence-electron chi connectivity index (χ1n) is 10.1. The van der Waals surface area contributed by atoms with Gasteiger partial charge in [0.25, 0.3) is 0 Å². The van der Waals surface area contributed by atoms with Gasteiger partial charge in [-0.1, -0.05) is 12.1 Å². The van der Waals surface area contributed by atoms with Gasteiger partial charge in [-0.2, -0.15) is 0 Å². The van der Waals surface area contributed by atoms with Crippen molar-refractivity contribution in [2.75, 3.05) is 26.4 Å². The molecule has 0 unspecified atom stereocenters. The Hall–Kier alpha value is -1.75. The highest BCUT2D eigenvalue weighted by atomic mass is 16.7. The number of benzene rings is 1. The van der Waals surface area contributed by atoms with Crippen LogP contribution in [0.3, 0.4) is 0 Å². The van der Waals surface area contributed by atoms with Gasteiger partial charge in [-0.3, -0.25) is 4.79 Å². The second kappa shape index (κ2) is 7.87. The first kappa shape index (κ1) is 17.7. The Balaban J connectivity index is 1.22. The molecule has 3 aliphatic rings. The van der Waals surface area contributed by atoms with Gasteiger partial charge < -0.3 is 20.1 Å². The molecule has 5 nitrogen and oxygen atoms in total. The third-order valence-electron chi connectivity index (χ3n) is 6.56. The monoisotopic (exact) mass is 358 g/mol. The molecular formula is C21H30N2O3. The molecule has 1 saturated heterocycles. The Morgan fingerprint density at radius 2 is 1.85 bits per heavy atom. The highest BCUT2D eigenvalue weighted by Crippen LogP contribution is 2.42. The molecule has 142 valence electrons. The van der Waals surface area contributed by atoms with Crippen LogP contribution in [0.4, 0.5) is 0 Å². The number of para-hydroxylation sites is 1. The van der Waals surface area contributed by atoms with Crippen LogP contribution in [-0.2, 0) is 4.79 Å². The number of fused-ring (bicyclic) bond motifs is 1. The minimum Gasteiger partial charge on any atom is -0.454 e. The Morgan fingerprint density at radius 1 is 1.08 bits per heavy atom. The molecule has 2 fully saturated rings. The molecule has 2 N–H and O–H groups in total. The predicted molar refractivity (Wildman–Crippen MR) is 100 cm³/mol. The van der Waals surface area contributed by atoms with Gasteiger partial charge in [-0.25, -0.2) is 0 Å². The van der Waals surface area contributed by atoms with Crippen molar-refractivity contribution in [2.45, 2.75) is 50.9 Å². The lowest BCUT2D eigenvalue weighted by Gasteiger charge is -2.34. The van der Waals surface area contributed by atoms with Crippen molar-refractivity contribution in [1.29, 1.82) is 0 Å². The number of primary amides is 1. The molecule has 1 aromatic rings. The van der Waals surface area contributed by atoms with Crippen molar-refractivity contribution >= 4 is 5.91 Å². The molecular weight excluding hydrogens is 328 g/mol. The number of ether oxygens (including phenoxy) is 2. The van der Waals surface area contributed by atoms with Crippen LogP contribution in [0.5, 0.6) is 11.5 Å². The van der Waals surface area contributed by atoms with Gasteiger partial charge >= 0.3 is 0 Å². The molecule has 26 heavy (non-hydrogen) atoms. The van der Waals surface area contributed by atoms with Crippen molar-refractivity contribution in [3.05, 3.63) is 23.8 Å². The number of hydrogen-bond donors (Lipinski definition) is 1. The van der Waals surface area contributed by atoms with Crippen LogP contribution >= 0.6 is 0 Å². The lowest BCUT2D eigenvalue weighted by molar-refractivity contribution is -0.123. The molecule has 1 amide bonds. The summed E-state index contributed by atoms with van der Waals surface area (Å²) in [4.78, 5) is 13.9. The van der Waals surface area contributed by atoms with E-state index in [0.717, 1.165) is 56.2 Å². The molecule has 1 aromatic carbocycles. The zero-order valence-corrected chi connectivity index (χ0v) is 15.5. The van der Waals surface area contributed by atoms with Crippen LogP contribution in [0, 0.1) is 11.8 Å². The molecule has 0 aromatic heterocycles. The summed E-state index contributed by atoms with van der Waals surface area (Å²) < 4.78 is 11.2. The van der Waals surface area contributed by atoms with Gasteiger partial charge in [0.2, 0.25) is 12.7 Å². The lowest BCUT2D eigenvalue weighted by atomic mass is 9.80. The molecule has 0 atom stereocenters. The summed E-state index contributed by atoms with van der Waals surface area (Å²) in [5.74, 6) is 3.24. The van der Waals surface area contributed by atoms with Crippen LogP contribution < -0.4 is 15.2 Å². The summed E-state index contributed by atoms with van der Waals surface area (Å²) >= 11 is 0. The zero-order chi connectivity index (χ0) is 17.9. The minimum atomic E-state index is -0.104. The van der Waals surface area contributed by atoms with Crippen LogP contribution in [0.25, 0.3) is 0 Å². The number of likely N-dealkylation sites (tertiary alicyclic amines) is 1. The van der Waals surface area contributed by atoms with Gasteiger partial charge in [-0.05, 0) is 82.5 Å². The van der Waals surface area contributed by atoms with E-state index in [1.807, 2.05) is 6.07 Å². The summed E-state index contributed by atoms with van der Waals surface area (Å²) in [7, 11) is 0. The van der Waals surface area contributed by atoms with Crippen molar-refractivity contribution in [3.63, 3.8) is 0 Å². The topological polar surface area (TPSA) is 64.8 Å². The standard InChI is InChI=1S/C21H30N2O3/c22-21(24)17-6-4-15(5-7-17)8-11-23-12-9-16(10-13-23)18-2-1-3-19-20(18)26-14-25-19/h1-3,15-17H,4-14H2,(H2,22,24)/t15-,17-. The van der Waals surface area contributed by atoms with Gasteiger partial charge in [0, 0.05) is 11.5 Å². The van der Waals surface area contributed by atoms with E-state index in [-0.39, 0.29) is 11.8 Å². The van der Waals surface area contributed by atoms with Crippen LogP contribution in [0.15, 0.2) is 18.2 Å². The van der Waals surface area contributed by atoms with E-state index in [1.165, 1.54) is 31.4 Å². The highest BCUT2D eigenvalue weighted by Gasteiger charge is 2.28. The molecule has 0 bridgehead atoms. The van der Waals surface area contributed by atoms with Crippen LogP contribution in [0.1, 0.15) is 56.4 Å². The van der Waals surface area contributed by atoms with E-state index < -0.39 is 0 Å². The van der Waals surface area contributed by atoms with Gasteiger partial charge in [0.1, 0.15) is 0 Å². The Bertz CT molecular complexity index is 632. The molecule has 0 spiro atoms. The molecule has 4 rings (SSSR count). The van der Waals surface area contributed by atoms with Crippen molar-refractivity contribution < 1.29 is 14.3 Å². The molecule has 2 heterocycles. The second-order valence-corrected chi connectivity index (χ2v) is 8.11. The van der Waals surface area contributed by atoms with Gasteiger partial charge in [-0.15, -0.1) is 0 Å². The number of piperidine rings is 1. The summed E-state index contributed by atoms with van der Waals surface area (Å²) in [6, 6.07) is 6.27. The Morgan fingerprint density at radius 3 is 2.58 bits per heavy atom. The van der Waals surface area contributed by atoms with Crippen molar-refractivity contribution in [3.8, 4) is 11.5 Å². The zero-order valence-electron chi connectivity index (χ0n) is 15.5. The number of carbonyl (C=O) groups is 1. The maximum atomic E-state index is 11.3. The summed E-state index contributed by atoms with van der Waals surface area (Å²) in [6.07, 6.45) is 7.94. The van der Waals surface area contributed by atoms with Gasteiger partial charge in [0.15, 0.2) is 11.5 Å². The number of nitrogens with zero attached hydrogens (tertiary/aromatic N) is 1. The fourth-order valence-corrected chi connectivity index (χ4v) is 4.84. The normalized spacial score (nSPS) is 26.8. The van der Waals surface area contributed by atoms with Crippen LogP contribution in [-0.4, -0.2) is 37.2 Å². The third-order valence-corrected chi connectivity index (χ3v) is 6.56. The highest BCUT2D eigenvalue weighted by molar-refractivity contribution is 5.76. The van der Waals surface area contributed by atoms with Crippen molar-refractivity contribution in [2.24, 2.45) is 17.6 Å². The summed E-state index contributed by atoms with van der Waals surface area (Å²) in [5, 5.41) is 0. The number of nitrogens with two attached hydrogens (primary N) is 1.